The highest BCUT2D eigenvalue weighted by atomic mass is 16.2. The number of piperidine rings is 1. The van der Waals surface area contributed by atoms with Crippen LogP contribution >= 0.6 is 0 Å². The summed E-state index contributed by atoms with van der Waals surface area (Å²) < 4.78 is 0. The average molecular weight is 331 g/mol. The van der Waals surface area contributed by atoms with Crippen LogP contribution in [-0.2, 0) is 4.79 Å². The largest absolute Gasteiger partial charge is 0.352 e. The van der Waals surface area contributed by atoms with E-state index in [9.17, 15) is 9.59 Å². The van der Waals surface area contributed by atoms with Gasteiger partial charge in [-0.05, 0) is 36.8 Å². The van der Waals surface area contributed by atoms with Gasteiger partial charge < -0.3 is 16.0 Å². The van der Waals surface area contributed by atoms with Crippen LogP contribution in [0.15, 0.2) is 30.3 Å². The molecule has 0 aliphatic carbocycles. The Morgan fingerprint density at radius 1 is 1.33 bits per heavy atom. The molecule has 0 spiro atoms. The van der Waals surface area contributed by atoms with Gasteiger partial charge in [-0.3, -0.25) is 9.59 Å². The van der Waals surface area contributed by atoms with Crippen LogP contribution in [0.3, 0.4) is 0 Å². The van der Waals surface area contributed by atoms with E-state index in [0.29, 0.717) is 24.6 Å². The minimum absolute atomic E-state index is 0.0448. The van der Waals surface area contributed by atoms with Gasteiger partial charge in [0.2, 0.25) is 5.91 Å². The predicted molar refractivity (Wildman–Crippen MR) is 95.5 cm³/mol. The van der Waals surface area contributed by atoms with E-state index < -0.39 is 6.04 Å². The lowest BCUT2D eigenvalue weighted by atomic mass is 9.94. The number of hydrogen-bond acceptors (Lipinski definition) is 3. The first-order chi connectivity index (χ1) is 11.5. The highest BCUT2D eigenvalue weighted by Crippen LogP contribution is 2.18. The van der Waals surface area contributed by atoms with Crippen LogP contribution in [0.1, 0.15) is 43.5 Å². The van der Waals surface area contributed by atoms with Crippen molar-refractivity contribution in [2.24, 2.45) is 17.6 Å². The van der Waals surface area contributed by atoms with Crippen molar-refractivity contribution in [1.82, 2.24) is 10.2 Å². The molecule has 132 valence electrons. The van der Waals surface area contributed by atoms with Crippen molar-refractivity contribution in [3.8, 4) is 0 Å². The molecule has 5 heteroatoms. The summed E-state index contributed by atoms with van der Waals surface area (Å²) in [5, 5.41) is 2.98. The number of benzene rings is 1. The van der Waals surface area contributed by atoms with Gasteiger partial charge in [0, 0.05) is 25.2 Å². The van der Waals surface area contributed by atoms with E-state index in [1.807, 2.05) is 30.0 Å². The Bertz CT molecular complexity index is 547. The molecule has 1 aromatic carbocycles. The summed E-state index contributed by atoms with van der Waals surface area (Å²) in [5.41, 5.74) is 6.75. The summed E-state index contributed by atoms with van der Waals surface area (Å²) in [6.07, 6.45) is 2.89. The molecule has 0 aromatic heterocycles. The zero-order valence-corrected chi connectivity index (χ0v) is 14.7. The highest BCUT2D eigenvalue weighted by molar-refractivity contribution is 5.94. The van der Waals surface area contributed by atoms with Gasteiger partial charge in [-0.2, -0.15) is 0 Å². The van der Waals surface area contributed by atoms with Crippen LogP contribution in [0.4, 0.5) is 0 Å². The van der Waals surface area contributed by atoms with Crippen LogP contribution in [0.2, 0.25) is 0 Å². The summed E-state index contributed by atoms with van der Waals surface area (Å²) in [6, 6.07) is 8.78. The van der Waals surface area contributed by atoms with Crippen molar-refractivity contribution in [1.29, 1.82) is 0 Å². The van der Waals surface area contributed by atoms with E-state index in [0.717, 1.165) is 25.8 Å². The van der Waals surface area contributed by atoms with Crippen LogP contribution in [0.5, 0.6) is 0 Å². The monoisotopic (exact) mass is 331 g/mol. The van der Waals surface area contributed by atoms with E-state index in [2.05, 4.69) is 12.2 Å². The minimum atomic E-state index is -0.423. The second kappa shape index (κ2) is 8.83. The molecule has 3 N–H and O–H groups in total. The number of carbonyl (C=O) groups is 2. The van der Waals surface area contributed by atoms with Gasteiger partial charge in [-0.1, -0.05) is 38.5 Å². The normalized spacial score (nSPS) is 20.3. The third-order valence-electron chi connectivity index (χ3n) is 4.96. The molecule has 0 radical (unpaired) electrons. The van der Waals surface area contributed by atoms with E-state index in [4.69, 9.17) is 5.73 Å². The van der Waals surface area contributed by atoms with Gasteiger partial charge in [-0.25, -0.2) is 0 Å². The molecule has 1 aromatic rings. The second-order valence-corrected chi connectivity index (χ2v) is 6.78. The average Bonchev–Trinajstić information content (AvgIpc) is 2.65. The Morgan fingerprint density at radius 3 is 2.71 bits per heavy atom. The van der Waals surface area contributed by atoms with Crippen LogP contribution in [0.25, 0.3) is 0 Å². The van der Waals surface area contributed by atoms with Crippen molar-refractivity contribution in [3.05, 3.63) is 35.9 Å². The maximum Gasteiger partial charge on any atom is 0.251 e. The first-order valence-corrected chi connectivity index (χ1v) is 8.90. The number of nitrogens with two attached hydrogens (primary N) is 1. The third kappa shape index (κ3) is 4.81. The van der Waals surface area contributed by atoms with Crippen molar-refractivity contribution in [2.45, 2.75) is 39.2 Å². The Kier molecular flexibility index (Phi) is 6.79. The van der Waals surface area contributed by atoms with Gasteiger partial charge in [-0.15, -0.1) is 0 Å². The molecule has 1 aliphatic rings. The van der Waals surface area contributed by atoms with Gasteiger partial charge in [0.1, 0.15) is 0 Å². The van der Waals surface area contributed by atoms with Gasteiger partial charge in [0.25, 0.3) is 5.91 Å². The van der Waals surface area contributed by atoms with Gasteiger partial charge >= 0.3 is 0 Å². The van der Waals surface area contributed by atoms with E-state index >= 15 is 0 Å². The molecule has 3 atom stereocenters. The first-order valence-electron chi connectivity index (χ1n) is 8.90. The number of nitrogens with one attached hydrogen (secondary N) is 1. The standard InChI is InChI=1S/C19H29N3O2/c1-3-14(2)17(20)19(24)22-11-7-8-15(13-22)12-21-18(23)16-9-5-4-6-10-16/h4-6,9-10,14-15,17H,3,7-8,11-13,20H2,1-2H3,(H,21,23). The number of amides is 2. The smallest absolute Gasteiger partial charge is 0.251 e. The Hall–Kier alpha value is -1.88. The fourth-order valence-corrected chi connectivity index (χ4v) is 3.07. The quantitative estimate of drug-likeness (QED) is 0.837. The maximum absolute atomic E-state index is 12.5. The fraction of sp³-hybridized carbons (Fsp3) is 0.579. The number of likely N-dealkylation sites (tertiary alicyclic amines) is 1. The highest BCUT2D eigenvalue weighted by Gasteiger charge is 2.29. The van der Waals surface area contributed by atoms with Gasteiger partial charge in [0.05, 0.1) is 6.04 Å². The summed E-state index contributed by atoms with van der Waals surface area (Å²) >= 11 is 0. The molecule has 2 amide bonds. The molecule has 1 aliphatic heterocycles. The number of carbonyl (C=O) groups excluding carboxylic acids is 2. The molecule has 1 saturated heterocycles. The first kappa shape index (κ1) is 18.5. The molecular weight excluding hydrogens is 302 g/mol. The zero-order valence-electron chi connectivity index (χ0n) is 14.7. The molecule has 3 unspecified atom stereocenters. The lowest BCUT2D eigenvalue weighted by Gasteiger charge is -2.35. The molecule has 5 nitrogen and oxygen atoms in total. The van der Waals surface area contributed by atoms with Gasteiger partial charge in [0.15, 0.2) is 0 Å². The maximum atomic E-state index is 12.5. The zero-order chi connectivity index (χ0) is 17.5. The fourth-order valence-electron chi connectivity index (χ4n) is 3.07. The summed E-state index contributed by atoms with van der Waals surface area (Å²) in [4.78, 5) is 26.5. The molecule has 0 saturated carbocycles. The Balaban J connectivity index is 1.85. The molecular formula is C19H29N3O2. The molecule has 1 heterocycles. The molecule has 2 rings (SSSR count). The predicted octanol–water partition coefficient (Wildman–Crippen LogP) is 2.03. The van der Waals surface area contributed by atoms with Crippen molar-refractivity contribution < 1.29 is 9.59 Å². The van der Waals surface area contributed by atoms with E-state index in [1.54, 1.807) is 12.1 Å². The lowest BCUT2D eigenvalue weighted by Crippen LogP contribution is -2.51. The number of hydrogen-bond donors (Lipinski definition) is 2. The topological polar surface area (TPSA) is 75.4 Å². The number of rotatable bonds is 6. The third-order valence-corrected chi connectivity index (χ3v) is 4.96. The number of nitrogens with zero attached hydrogens (tertiary/aromatic N) is 1. The van der Waals surface area contributed by atoms with Crippen LogP contribution in [-0.4, -0.2) is 42.4 Å². The molecule has 24 heavy (non-hydrogen) atoms. The lowest BCUT2D eigenvalue weighted by molar-refractivity contribution is -0.135. The summed E-state index contributed by atoms with van der Waals surface area (Å²) in [5.74, 6) is 0.467. The van der Waals surface area contributed by atoms with Crippen LogP contribution in [0, 0.1) is 11.8 Å². The van der Waals surface area contributed by atoms with Crippen molar-refractivity contribution in [2.75, 3.05) is 19.6 Å². The SMILES string of the molecule is CCC(C)C(N)C(=O)N1CCCC(CNC(=O)c2ccccc2)C1. The minimum Gasteiger partial charge on any atom is -0.352 e. The summed E-state index contributed by atoms with van der Waals surface area (Å²) in [6.45, 7) is 6.11. The Labute approximate surface area is 144 Å². The van der Waals surface area contributed by atoms with E-state index in [1.165, 1.54) is 0 Å². The molecule has 1 fully saturated rings. The van der Waals surface area contributed by atoms with Crippen molar-refractivity contribution in [3.63, 3.8) is 0 Å². The second-order valence-electron chi connectivity index (χ2n) is 6.78. The van der Waals surface area contributed by atoms with Crippen LogP contribution < -0.4 is 11.1 Å². The van der Waals surface area contributed by atoms with E-state index in [-0.39, 0.29) is 17.7 Å². The Morgan fingerprint density at radius 2 is 2.04 bits per heavy atom. The summed E-state index contributed by atoms with van der Waals surface area (Å²) in [7, 11) is 0. The van der Waals surface area contributed by atoms with Crippen molar-refractivity contribution >= 4 is 11.8 Å². The molecule has 0 bridgehead atoms.